The second kappa shape index (κ2) is 3.70. The highest BCUT2D eigenvalue weighted by molar-refractivity contribution is 5.87. The lowest BCUT2D eigenvalue weighted by atomic mass is 9.95. The van der Waals surface area contributed by atoms with Gasteiger partial charge in [0.2, 0.25) is 0 Å². The molecule has 0 radical (unpaired) electrons. The van der Waals surface area contributed by atoms with Gasteiger partial charge in [-0.2, -0.15) is 0 Å². The molecule has 0 atom stereocenters. The fourth-order valence-corrected chi connectivity index (χ4v) is 2.08. The molecular weight excluding hydrogens is 222 g/mol. The molecule has 0 saturated heterocycles. The Bertz CT molecular complexity index is 542. The number of carbonyl (C=O) groups is 1. The van der Waals surface area contributed by atoms with Gasteiger partial charge in [-0.25, -0.2) is 4.79 Å². The minimum absolute atomic E-state index is 0.199. The molecule has 5 nitrogen and oxygen atoms in total. The Hall–Kier alpha value is -1.62. The Morgan fingerprint density at radius 3 is 2.76 bits per heavy atom. The van der Waals surface area contributed by atoms with E-state index in [1.165, 1.54) is 10.6 Å². The third kappa shape index (κ3) is 1.98. The Labute approximate surface area is 98.6 Å². The number of ether oxygens (including phenoxy) is 1. The topological polar surface area (TPSA) is 68.5 Å². The summed E-state index contributed by atoms with van der Waals surface area (Å²) in [5.41, 5.74) is 0.658. The second-order valence-electron chi connectivity index (χ2n) is 4.92. The molecule has 2 heterocycles. The van der Waals surface area contributed by atoms with Gasteiger partial charge in [0.05, 0.1) is 12.2 Å². The van der Waals surface area contributed by atoms with Crippen LogP contribution in [0.25, 0.3) is 0 Å². The summed E-state index contributed by atoms with van der Waals surface area (Å²) in [6, 6.07) is 1.43. The molecule has 17 heavy (non-hydrogen) atoms. The molecule has 0 bridgehead atoms. The van der Waals surface area contributed by atoms with Crippen molar-refractivity contribution in [3.63, 3.8) is 0 Å². The van der Waals surface area contributed by atoms with Crippen LogP contribution in [-0.4, -0.2) is 21.2 Å². The van der Waals surface area contributed by atoms with Crippen LogP contribution in [0.3, 0.4) is 0 Å². The minimum atomic E-state index is -1.20. The molecule has 1 aliphatic heterocycles. The van der Waals surface area contributed by atoms with Gasteiger partial charge in [0.1, 0.15) is 5.56 Å². The van der Waals surface area contributed by atoms with Crippen molar-refractivity contribution in [2.75, 3.05) is 0 Å². The average molecular weight is 237 g/mol. The predicted octanol–water partition coefficient (Wildman–Crippen LogP) is 0.935. The second-order valence-corrected chi connectivity index (χ2v) is 4.92. The normalized spacial score (nSPS) is 17.6. The van der Waals surface area contributed by atoms with E-state index in [1.807, 2.05) is 13.8 Å². The van der Waals surface area contributed by atoms with Gasteiger partial charge in [-0.05, 0) is 25.5 Å². The van der Waals surface area contributed by atoms with Crippen LogP contribution in [0.4, 0.5) is 0 Å². The number of nitrogens with zero attached hydrogens (tertiary/aromatic N) is 1. The molecule has 0 fully saturated rings. The number of aromatic carboxylic acids is 1. The molecule has 1 aromatic heterocycles. The first-order valence-corrected chi connectivity index (χ1v) is 5.41. The first-order chi connectivity index (χ1) is 7.82. The van der Waals surface area contributed by atoms with Crippen LogP contribution in [0.5, 0.6) is 0 Å². The summed E-state index contributed by atoms with van der Waals surface area (Å²) < 4.78 is 7.03. The molecule has 0 unspecified atom stereocenters. The van der Waals surface area contributed by atoms with Crippen LogP contribution in [0, 0.1) is 0 Å². The zero-order chi connectivity index (χ0) is 12.8. The summed E-state index contributed by atoms with van der Waals surface area (Å²) in [6.07, 6.45) is 0.605. The van der Waals surface area contributed by atoms with Crippen molar-refractivity contribution >= 4 is 5.97 Å². The van der Waals surface area contributed by atoms with E-state index in [4.69, 9.17) is 9.84 Å². The Balaban J connectivity index is 2.63. The Kier molecular flexibility index (Phi) is 2.58. The number of hydrogen-bond donors (Lipinski definition) is 1. The van der Waals surface area contributed by atoms with Crippen molar-refractivity contribution < 1.29 is 14.6 Å². The number of pyridine rings is 1. The van der Waals surface area contributed by atoms with Gasteiger partial charge in [0.15, 0.2) is 0 Å². The molecule has 0 saturated carbocycles. The molecule has 0 amide bonds. The molecule has 92 valence electrons. The van der Waals surface area contributed by atoms with Crippen LogP contribution in [0.2, 0.25) is 0 Å². The largest absolute Gasteiger partial charge is 0.477 e. The van der Waals surface area contributed by atoms with Crippen LogP contribution in [0.1, 0.15) is 35.5 Å². The number of carboxylic acids is 1. The van der Waals surface area contributed by atoms with Gasteiger partial charge < -0.3 is 14.4 Å². The molecule has 5 heteroatoms. The summed E-state index contributed by atoms with van der Waals surface area (Å²) in [5.74, 6) is -1.20. The summed E-state index contributed by atoms with van der Waals surface area (Å²) in [7, 11) is 1.61. The van der Waals surface area contributed by atoms with Crippen LogP contribution >= 0.6 is 0 Å². The number of fused-ring (bicyclic) bond motifs is 1. The maximum Gasteiger partial charge on any atom is 0.341 e. The molecule has 0 aliphatic carbocycles. The van der Waals surface area contributed by atoms with E-state index in [-0.39, 0.29) is 11.2 Å². The highest BCUT2D eigenvalue weighted by Crippen LogP contribution is 2.26. The SMILES string of the molecule is Cn1c2c(cc(C(=O)O)c1=O)COC(C)(C)C2. The van der Waals surface area contributed by atoms with Gasteiger partial charge in [-0.3, -0.25) is 4.79 Å². The van der Waals surface area contributed by atoms with E-state index < -0.39 is 11.5 Å². The number of hydrogen-bond acceptors (Lipinski definition) is 3. The molecular formula is C12H15NO4. The molecule has 1 aliphatic rings. The molecule has 0 spiro atoms. The van der Waals surface area contributed by atoms with Crippen molar-refractivity contribution in [1.29, 1.82) is 0 Å². The van der Waals surface area contributed by atoms with Crippen molar-refractivity contribution in [2.24, 2.45) is 7.05 Å². The van der Waals surface area contributed by atoms with E-state index in [0.29, 0.717) is 13.0 Å². The Morgan fingerprint density at radius 2 is 2.18 bits per heavy atom. The fraction of sp³-hybridized carbons (Fsp3) is 0.500. The van der Waals surface area contributed by atoms with Crippen molar-refractivity contribution in [3.05, 3.63) is 33.2 Å². The summed E-state index contributed by atoms with van der Waals surface area (Å²) >= 11 is 0. The number of rotatable bonds is 1. The highest BCUT2D eigenvalue weighted by Gasteiger charge is 2.29. The van der Waals surface area contributed by atoms with E-state index in [9.17, 15) is 9.59 Å². The zero-order valence-corrected chi connectivity index (χ0v) is 10.1. The molecule has 2 rings (SSSR count). The molecule has 0 aromatic carbocycles. The maximum atomic E-state index is 11.8. The lowest BCUT2D eigenvalue weighted by Gasteiger charge is -2.32. The monoisotopic (exact) mass is 237 g/mol. The van der Waals surface area contributed by atoms with Gasteiger partial charge in [-0.1, -0.05) is 0 Å². The number of aromatic nitrogens is 1. The summed E-state index contributed by atoms with van der Waals surface area (Å²) in [5, 5.41) is 8.94. The minimum Gasteiger partial charge on any atom is -0.477 e. The molecule has 1 aromatic rings. The van der Waals surface area contributed by atoms with Crippen LogP contribution in [-0.2, 0) is 24.8 Å². The van der Waals surface area contributed by atoms with Crippen molar-refractivity contribution in [3.8, 4) is 0 Å². The summed E-state index contributed by atoms with van der Waals surface area (Å²) in [4.78, 5) is 22.8. The first kappa shape index (κ1) is 11.9. The molecule has 1 N–H and O–H groups in total. The van der Waals surface area contributed by atoms with Gasteiger partial charge in [0.25, 0.3) is 5.56 Å². The van der Waals surface area contributed by atoms with Gasteiger partial charge in [-0.15, -0.1) is 0 Å². The summed E-state index contributed by atoms with van der Waals surface area (Å²) in [6.45, 7) is 4.24. The lowest BCUT2D eigenvalue weighted by Crippen LogP contribution is -2.38. The van der Waals surface area contributed by atoms with E-state index in [2.05, 4.69) is 0 Å². The third-order valence-electron chi connectivity index (χ3n) is 3.07. The smallest absolute Gasteiger partial charge is 0.341 e. The van der Waals surface area contributed by atoms with E-state index in [1.54, 1.807) is 7.05 Å². The van der Waals surface area contributed by atoms with Crippen molar-refractivity contribution in [1.82, 2.24) is 4.57 Å². The van der Waals surface area contributed by atoms with Gasteiger partial charge >= 0.3 is 5.97 Å². The maximum absolute atomic E-state index is 11.8. The van der Waals surface area contributed by atoms with Crippen LogP contribution < -0.4 is 5.56 Å². The quantitative estimate of drug-likeness (QED) is 0.789. The van der Waals surface area contributed by atoms with Gasteiger partial charge in [0, 0.05) is 19.2 Å². The van der Waals surface area contributed by atoms with Crippen molar-refractivity contribution in [2.45, 2.75) is 32.5 Å². The standard InChI is InChI=1S/C12H15NO4/c1-12(2)5-9-7(6-17-12)4-8(11(15)16)10(14)13(9)3/h4H,5-6H2,1-3H3,(H,15,16). The number of carboxylic acid groups (broad SMARTS) is 1. The van der Waals surface area contributed by atoms with E-state index >= 15 is 0 Å². The zero-order valence-electron chi connectivity index (χ0n) is 10.1. The Morgan fingerprint density at radius 1 is 1.53 bits per heavy atom. The fourth-order valence-electron chi connectivity index (χ4n) is 2.08. The first-order valence-electron chi connectivity index (χ1n) is 5.41. The van der Waals surface area contributed by atoms with E-state index in [0.717, 1.165) is 11.3 Å². The lowest BCUT2D eigenvalue weighted by molar-refractivity contribution is -0.0423. The van der Waals surface area contributed by atoms with Crippen LogP contribution in [0.15, 0.2) is 10.9 Å². The third-order valence-corrected chi connectivity index (χ3v) is 3.07. The highest BCUT2D eigenvalue weighted by atomic mass is 16.5. The average Bonchev–Trinajstić information content (AvgIpc) is 2.23. The predicted molar refractivity (Wildman–Crippen MR) is 61.2 cm³/mol.